The number of carbonyl (C=O) groups excluding carboxylic acids is 4. The molecule has 3 fully saturated rings. The molecule has 256 valence electrons. The molecule has 11 nitrogen and oxygen atoms in total. The molecule has 3 saturated heterocycles. The molecule has 2 aromatic carbocycles. The van der Waals surface area contributed by atoms with Gasteiger partial charge in [-0.1, -0.05) is 49.7 Å². The van der Waals surface area contributed by atoms with Crippen molar-refractivity contribution in [1.29, 1.82) is 0 Å². The first-order valence-electron chi connectivity index (χ1n) is 17.7. The zero-order valence-electron chi connectivity index (χ0n) is 28.0. The van der Waals surface area contributed by atoms with Gasteiger partial charge in [0.2, 0.25) is 12.3 Å². The highest BCUT2D eigenvalue weighted by atomic mass is 16.2. The second-order valence-corrected chi connectivity index (χ2v) is 13.4. The standard InChI is InChI=1S/C23H32N4O2.C14H17N3O2/c1-2-19(25-22(28)21-16-17-8-4-5-9-20(17)24-21)23(29)27-14-10-18(11-15-27)26-12-6-3-7-13-26;18-10-16-7-5-12(6-8-16)17-9-11-3-1-2-4-13(11)15-14(17)19/h4-5,8-9,16,18-19,24H,2-3,6-7,10-15H2,1H3,(H,25,28);1-4,10,12H,5-9H2,(H,15,19). The number of benzene rings is 2. The number of amides is 5. The van der Waals surface area contributed by atoms with Gasteiger partial charge in [-0.05, 0) is 81.8 Å². The van der Waals surface area contributed by atoms with Gasteiger partial charge in [-0.25, -0.2) is 4.79 Å². The van der Waals surface area contributed by atoms with Crippen LogP contribution >= 0.6 is 0 Å². The maximum Gasteiger partial charge on any atom is 0.322 e. The summed E-state index contributed by atoms with van der Waals surface area (Å²) >= 11 is 0. The average molecular weight is 656 g/mol. The Labute approximate surface area is 283 Å². The van der Waals surface area contributed by atoms with Gasteiger partial charge in [0.15, 0.2) is 0 Å². The third kappa shape index (κ3) is 7.84. The first-order chi connectivity index (χ1) is 23.4. The van der Waals surface area contributed by atoms with E-state index in [1.807, 2.05) is 71.3 Å². The minimum absolute atomic E-state index is 0.0248. The molecule has 0 bridgehead atoms. The van der Waals surface area contributed by atoms with Crippen molar-refractivity contribution in [3.8, 4) is 0 Å². The van der Waals surface area contributed by atoms with Crippen LogP contribution in [-0.2, 0) is 16.1 Å². The molecule has 11 heteroatoms. The van der Waals surface area contributed by atoms with E-state index in [2.05, 4.69) is 20.5 Å². The highest BCUT2D eigenvalue weighted by Gasteiger charge is 2.32. The van der Waals surface area contributed by atoms with Crippen LogP contribution in [0.3, 0.4) is 0 Å². The lowest BCUT2D eigenvalue weighted by Crippen LogP contribution is -2.53. The van der Waals surface area contributed by atoms with Crippen molar-refractivity contribution in [2.24, 2.45) is 0 Å². The smallest absolute Gasteiger partial charge is 0.322 e. The number of nitrogens with one attached hydrogen (secondary N) is 3. The number of H-pyrrole nitrogens is 1. The van der Waals surface area contributed by atoms with Gasteiger partial charge in [0.05, 0.1) is 0 Å². The van der Waals surface area contributed by atoms with Crippen molar-refractivity contribution < 1.29 is 19.2 Å². The third-order valence-corrected chi connectivity index (χ3v) is 10.4. The summed E-state index contributed by atoms with van der Waals surface area (Å²) in [6.45, 7) is 8.08. The summed E-state index contributed by atoms with van der Waals surface area (Å²) in [4.78, 5) is 60.0. The van der Waals surface area contributed by atoms with E-state index in [0.717, 1.165) is 80.4 Å². The molecule has 0 saturated carbocycles. The zero-order chi connectivity index (χ0) is 33.5. The molecule has 48 heavy (non-hydrogen) atoms. The number of nitrogens with zero attached hydrogens (tertiary/aromatic N) is 4. The molecule has 7 rings (SSSR count). The van der Waals surface area contributed by atoms with Crippen LogP contribution in [0.4, 0.5) is 10.5 Å². The summed E-state index contributed by atoms with van der Waals surface area (Å²) in [6.07, 6.45) is 9.23. The summed E-state index contributed by atoms with van der Waals surface area (Å²) in [6, 6.07) is 17.9. The van der Waals surface area contributed by atoms with Crippen molar-refractivity contribution in [1.82, 2.24) is 29.9 Å². The van der Waals surface area contributed by atoms with Gasteiger partial charge in [-0.15, -0.1) is 0 Å². The molecule has 0 aliphatic carbocycles. The summed E-state index contributed by atoms with van der Waals surface area (Å²) in [7, 11) is 0. The zero-order valence-corrected chi connectivity index (χ0v) is 28.0. The Balaban J connectivity index is 0.000000182. The van der Waals surface area contributed by atoms with E-state index in [1.54, 1.807) is 4.90 Å². The Morgan fingerprint density at radius 3 is 2.29 bits per heavy atom. The Bertz CT molecular complexity index is 1540. The van der Waals surface area contributed by atoms with Gasteiger partial charge in [-0.2, -0.15) is 0 Å². The predicted octanol–water partition coefficient (Wildman–Crippen LogP) is 4.81. The van der Waals surface area contributed by atoms with Gasteiger partial charge in [-0.3, -0.25) is 14.4 Å². The Hall–Kier alpha value is -4.38. The van der Waals surface area contributed by atoms with Crippen molar-refractivity contribution in [2.45, 2.75) is 83.0 Å². The summed E-state index contributed by atoms with van der Waals surface area (Å²) in [5, 5.41) is 6.88. The number of aromatic amines is 1. The molecule has 1 unspecified atom stereocenters. The van der Waals surface area contributed by atoms with Crippen LogP contribution in [0.1, 0.15) is 74.3 Å². The SMILES string of the molecule is CCC(NC(=O)c1cc2ccccc2[nH]1)C(=O)N1CCC(N2CCCCC2)CC1.O=CN1CCC(N2Cc3ccccc3NC2=O)CC1. The molecule has 5 heterocycles. The number of aromatic nitrogens is 1. The van der Waals surface area contributed by atoms with Crippen LogP contribution in [0.2, 0.25) is 0 Å². The summed E-state index contributed by atoms with van der Waals surface area (Å²) < 4.78 is 0. The van der Waals surface area contributed by atoms with Gasteiger partial charge in [0, 0.05) is 61.4 Å². The molecule has 0 spiro atoms. The lowest BCUT2D eigenvalue weighted by molar-refractivity contribution is -0.135. The average Bonchev–Trinajstić information content (AvgIpc) is 3.59. The predicted molar refractivity (Wildman–Crippen MR) is 187 cm³/mol. The Morgan fingerprint density at radius 1 is 0.896 bits per heavy atom. The largest absolute Gasteiger partial charge is 0.351 e. The number of likely N-dealkylation sites (tertiary alicyclic amines) is 3. The van der Waals surface area contributed by atoms with Gasteiger partial charge in [0.1, 0.15) is 11.7 Å². The Kier molecular flexibility index (Phi) is 10.9. The van der Waals surface area contributed by atoms with E-state index in [9.17, 15) is 19.2 Å². The quantitative estimate of drug-likeness (QED) is 0.316. The minimum atomic E-state index is -0.472. The van der Waals surface area contributed by atoms with Gasteiger partial charge in [0.25, 0.3) is 5.91 Å². The molecule has 4 aliphatic rings. The molecule has 5 amide bonds. The van der Waals surface area contributed by atoms with Crippen molar-refractivity contribution in [2.75, 3.05) is 44.6 Å². The Morgan fingerprint density at radius 2 is 1.58 bits per heavy atom. The van der Waals surface area contributed by atoms with E-state index >= 15 is 0 Å². The molecule has 3 aromatic rings. The monoisotopic (exact) mass is 655 g/mol. The third-order valence-electron chi connectivity index (χ3n) is 10.4. The fourth-order valence-electron chi connectivity index (χ4n) is 7.55. The second-order valence-electron chi connectivity index (χ2n) is 13.4. The first-order valence-corrected chi connectivity index (χ1v) is 17.7. The van der Waals surface area contributed by atoms with E-state index < -0.39 is 6.04 Å². The minimum Gasteiger partial charge on any atom is -0.351 e. The van der Waals surface area contributed by atoms with Crippen LogP contribution in [0, 0.1) is 0 Å². The fraction of sp³-hybridized carbons (Fsp3) is 0.514. The molecular formula is C37H49N7O4. The number of fused-ring (bicyclic) bond motifs is 2. The maximum absolute atomic E-state index is 13.0. The number of hydrogen-bond donors (Lipinski definition) is 3. The fourth-order valence-corrected chi connectivity index (χ4v) is 7.55. The molecule has 4 aliphatic heterocycles. The number of rotatable bonds is 7. The van der Waals surface area contributed by atoms with Gasteiger partial charge < -0.3 is 35.2 Å². The van der Waals surface area contributed by atoms with Crippen molar-refractivity contribution in [3.63, 3.8) is 0 Å². The van der Waals surface area contributed by atoms with E-state index in [-0.39, 0.29) is 23.9 Å². The number of piperidine rings is 3. The first kappa shape index (κ1) is 33.5. The van der Waals surface area contributed by atoms with E-state index in [1.165, 1.54) is 32.4 Å². The molecule has 0 radical (unpaired) electrons. The van der Waals surface area contributed by atoms with Crippen LogP contribution in [0.25, 0.3) is 10.9 Å². The van der Waals surface area contributed by atoms with E-state index in [0.29, 0.717) is 24.7 Å². The van der Waals surface area contributed by atoms with Crippen LogP contribution in [-0.4, -0.2) is 106 Å². The van der Waals surface area contributed by atoms with Crippen molar-refractivity contribution >= 4 is 40.8 Å². The molecule has 3 N–H and O–H groups in total. The van der Waals surface area contributed by atoms with Crippen molar-refractivity contribution in [3.05, 3.63) is 65.9 Å². The maximum atomic E-state index is 13.0. The number of anilines is 1. The number of para-hydroxylation sites is 2. The van der Waals surface area contributed by atoms with E-state index in [4.69, 9.17) is 0 Å². The van der Waals surface area contributed by atoms with Crippen LogP contribution in [0.15, 0.2) is 54.6 Å². The topological polar surface area (TPSA) is 121 Å². The second kappa shape index (κ2) is 15.7. The number of hydrogen-bond acceptors (Lipinski definition) is 5. The normalized spacial score (nSPS) is 19.9. The summed E-state index contributed by atoms with van der Waals surface area (Å²) in [5.41, 5.74) is 3.49. The lowest BCUT2D eigenvalue weighted by Gasteiger charge is -2.41. The highest BCUT2D eigenvalue weighted by Crippen LogP contribution is 2.27. The van der Waals surface area contributed by atoms with Gasteiger partial charge >= 0.3 is 6.03 Å². The van der Waals surface area contributed by atoms with Crippen LogP contribution < -0.4 is 10.6 Å². The highest BCUT2D eigenvalue weighted by molar-refractivity contribution is 6.00. The molecular weight excluding hydrogens is 606 g/mol. The lowest BCUT2D eigenvalue weighted by atomic mass is 9.99. The van der Waals surface area contributed by atoms with Crippen LogP contribution in [0.5, 0.6) is 0 Å². The number of carbonyl (C=O) groups is 4. The molecule has 1 aromatic heterocycles. The number of urea groups is 1. The summed E-state index contributed by atoms with van der Waals surface area (Å²) in [5.74, 6) is -0.168. The molecule has 1 atom stereocenters.